The lowest BCUT2D eigenvalue weighted by Crippen LogP contribution is -2.09. The van der Waals surface area contributed by atoms with Crippen molar-refractivity contribution in [3.63, 3.8) is 0 Å². The molecule has 0 aliphatic heterocycles. The van der Waals surface area contributed by atoms with E-state index in [9.17, 15) is 14.7 Å². The van der Waals surface area contributed by atoms with Crippen molar-refractivity contribution in [1.82, 2.24) is 0 Å². The van der Waals surface area contributed by atoms with Crippen LogP contribution >= 0.6 is 0 Å². The normalized spacial score (nSPS) is 11.2. The van der Waals surface area contributed by atoms with Crippen LogP contribution in [0.3, 0.4) is 0 Å². The molecule has 96 valence electrons. The first-order valence-corrected chi connectivity index (χ1v) is 5.65. The van der Waals surface area contributed by atoms with Gasteiger partial charge in [0.2, 0.25) is 5.76 Å². The fourth-order valence-electron chi connectivity index (χ4n) is 1.56. The van der Waals surface area contributed by atoms with Crippen molar-refractivity contribution < 1.29 is 19.4 Å². The molecule has 4 nitrogen and oxygen atoms in total. The summed E-state index contributed by atoms with van der Waals surface area (Å²) in [7, 11) is 0. The second kappa shape index (κ2) is 6.00. The molecular formula is C14H16O4. The number of carbonyl (C=O) groups is 2. The van der Waals surface area contributed by atoms with Crippen molar-refractivity contribution in [2.24, 2.45) is 0 Å². The molecule has 1 aromatic rings. The van der Waals surface area contributed by atoms with Gasteiger partial charge in [0.15, 0.2) is 5.78 Å². The van der Waals surface area contributed by atoms with Gasteiger partial charge in [-0.2, -0.15) is 0 Å². The molecule has 0 heterocycles. The maximum atomic E-state index is 11.9. The Labute approximate surface area is 106 Å². The molecule has 0 radical (unpaired) electrons. The zero-order valence-electron chi connectivity index (χ0n) is 10.7. The fourth-order valence-corrected chi connectivity index (χ4v) is 1.56. The molecule has 0 aliphatic carbocycles. The fraction of sp³-hybridized carbons (Fsp3) is 0.286. The van der Waals surface area contributed by atoms with Gasteiger partial charge in [0, 0.05) is 11.6 Å². The zero-order chi connectivity index (χ0) is 13.7. The number of aliphatic hydroxyl groups excluding tert-OH is 1. The second-order valence-corrected chi connectivity index (χ2v) is 3.93. The van der Waals surface area contributed by atoms with Gasteiger partial charge in [-0.25, -0.2) is 4.79 Å². The van der Waals surface area contributed by atoms with Crippen LogP contribution in [-0.2, 0) is 9.53 Å². The number of rotatable bonds is 4. The van der Waals surface area contributed by atoms with E-state index in [0.717, 1.165) is 17.2 Å². The van der Waals surface area contributed by atoms with Crippen LogP contribution in [-0.4, -0.2) is 23.5 Å². The first-order chi connectivity index (χ1) is 8.45. The van der Waals surface area contributed by atoms with Crippen molar-refractivity contribution in [3.05, 3.63) is 46.7 Å². The zero-order valence-corrected chi connectivity index (χ0v) is 10.7. The van der Waals surface area contributed by atoms with Crippen LogP contribution in [0.5, 0.6) is 0 Å². The minimum Gasteiger partial charge on any atom is -0.502 e. The Morgan fingerprint density at radius 1 is 1.33 bits per heavy atom. The Bertz CT molecular complexity index is 501. The number of benzene rings is 1. The molecule has 0 saturated heterocycles. The minimum absolute atomic E-state index is 0.147. The number of hydrogen-bond acceptors (Lipinski definition) is 4. The highest BCUT2D eigenvalue weighted by Gasteiger charge is 2.13. The predicted molar refractivity (Wildman–Crippen MR) is 67.6 cm³/mol. The second-order valence-electron chi connectivity index (χ2n) is 3.93. The van der Waals surface area contributed by atoms with E-state index in [4.69, 9.17) is 0 Å². The molecule has 4 heteroatoms. The largest absolute Gasteiger partial charge is 0.502 e. The maximum absolute atomic E-state index is 11.9. The number of esters is 1. The summed E-state index contributed by atoms with van der Waals surface area (Å²) in [6, 6.07) is 5.33. The third-order valence-corrected chi connectivity index (χ3v) is 2.40. The van der Waals surface area contributed by atoms with Gasteiger partial charge < -0.3 is 9.84 Å². The highest BCUT2D eigenvalue weighted by atomic mass is 16.5. The Balaban J connectivity index is 2.94. The van der Waals surface area contributed by atoms with Crippen molar-refractivity contribution in [2.45, 2.75) is 20.8 Å². The Kier molecular flexibility index (Phi) is 4.66. The molecule has 1 N–H and O–H groups in total. The maximum Gasteiger partial charge on any atom is 0.373 e. The molecule has 18 heavy (non-hydrogen) atoms. The summed E-state index contributed by atoms with van der Waals surface area (Å²) in [6.07, 6.45) is 0.885. The number of aliphatic hydroxyl groups is 1. The molecule has 1 aromatic carbocycles. The minimum atomic E-state index is -0.893. The molecule has 0 bridgehead atoms. The summed E-state index contributed by atoms with van der Waals surface area (Å²) in [4.78, 5) is 23.0. The molecule has 0 unspecified atom stereocenters. The molecule has 0 aromatic heterocycles. The van der Waals surface area contributed by atoms with Crippen LogP contribution in [0, 0.1) is 13.8 Å². The molecule has 0 fully saturated rings. The quantitative estimate of drug-likeness (QED) is 0.385. The molecular weight excluding hydrogens is 232 g/mol. The number of ether oxygens (including phenoxy) is 1. The number of allylic oxidation sites excluding steroid dienone is 1. The van der Waals surface area contributed by atoms with Gasteiger partial charge in [0.05, 0.1) is 6.61 Å². The van der Waals surface area contributed by atoms with Gasteiger partial charge >= 0.3 is 5.97 Å². The summed E-state index contributed by atoms with van der Waals surface area (Å²) in [5.41, 5.74) is 2.30. The average Bonchev–Trinajstić information content (AvgIpc) is 2.28. The molecule has 0 spiro atoms. The van der Waals surface area contributed by atoms with Crippen LogP contribution in [0.2, 0.25) is 0 Å². The predicted octanol–water partition coefficient (Wildman–Crippen LogP) is 2.49. The van der Waals surface area contributed by atoms with Crippen LogP contribution in [0.4, 0.5) is 0 Å². The third-order valence-electron chi connectivity index (χ3n) is 2.40. The van der Waals surface area contributed by atoms with Crippen LogP contribution < -0.4 is 0 Å². The highest BCUT2D eigenvalue weighted by Crippen LogP contribution is 2.12. The SMILES string of the molecule is CCOC(=O)/C(O)=C/C(=O)c1ccc(C)cc1C. The third kappa shape index (κ3) is 3.45. The van der Waals surface area contributed by atoms with E-state index in [0.29, 0.717) is 5.56 Å². The van der Waals surface area contributed by atoms with Crippen molar-refractivity contribution in [2.75, 3.05) is 6.61 Å². The molecule has 0 saturated carbocycles. The number of ketones is 1. The van der Waals surface area contributed by atoms with Crippen molar-refractivity contribution in [1.29, 1.82) is 0 Å². The topological polar surface area (TPSA) is 63.6 Å². The van der Waals surface area contributed by atoms with Gasteiger partial charge in [-0.15, -0.1) is 0 Å². The first-order valence-electron chi connectivity index (χ1n) is 5.65. The van der Waals surface area contributed by atoms with E-state index in [1.165, 1.54) is 0 Å². The molecule has 0 atom stereocenters. The Morgan fingerprint density at radius 3 is 2.56 bits per heavy atom. The van der Waals surface area contributed by atoms with Gasteiger partial charge in [-0.05, 0) is 26.3 Å². The number of carbonyl (C=O) groups excluding carboxylic acids is 2. The summed E-state index contributed by atoms with van der Waals surface area (Å²) in [6.45, 7) is 5.49. The Morgan fingerprint density at radius 2 is 2.00 bits per heavy atom. The highest BCUT2D eigenvalue weighted by molar-refractivity contribution is 6.08. The number of aryl methyl sites for hydroxylation is 2. The number of hydrogen-bond donors (Lipinski definition) is 1. The van der Waals surface area contributed by atoms with Gasteiger partial charge in [0.1, 0.15) is 0 Å². The molecule has 0 amide bonds. The summed E-state index contributed by atoms with van der Waals surface area (Å²) in [5.74, 6) is -1.99. The van der Waals surface area contributed by atoms with Crippen LogP contribution in [0.25, 0.3) is 0 Å². The standard InChI is InChI=1S/C14H16O4/c1-4-18-14(17)13(16)8-12(15)11-6-5-9(2)7-10(11)3/h5-8,16H,4H2,1-3H3/b13-8-. The van der Waals surface area contributed by atoms with Gasteiger partial charge in [-0.3, -0.25) is 4.79 Å². The monoisotopic (exact) mass is 248 g/mol. The van der Waals surface area contributed by atoms with Gasteiger partial charge in [0.25, 0.3) is 0 Å². The lowest BCUT2D eigenvalue weighted by atomic mass is 10.0. The van der Waals surface area contributed by atoms with E-state index < -0.39 is 17.5 Å². The molecule has 1 rings (SSSR count). The first kappa shape index (κ1) is 14.0. The van der Waals surface area contributed by atoms with Crippen LogP contribution in [0.1, 0.15) is 28.4 Å². The summed E-state index contributed by atoms with van der Waals surface area (Å²) < 4.78 is 4.58. The van der Waals surface area contributed by atoms with E-state index in [1.807, 2.05) is 13.0 Å². The summed E-state index contributed by atoms with van der Waals surface area (Å²) in [5, 5.41) is 9.39. The van der Waals surface area contributed by atoms with E-state index in [-0.39, 0.29) is 6.61 Å². The smallest absolute Gasteiger partial charge is 0.373 e. The van der Waals surface area contributed by atoms with E-state index >= 15 is 0 Å². The lowest BCUT2D eigenvalue weighted by molar-refractivity contribution is -0.141. The van der Waals surface area contributed by atoms with Crippen molar-refractivity contribution >= 4 is 11.8 Å². The van der Waals surface area contributed by atoms with E-state index in [2.05, 4.69) is 4.74 Å². The van der Waals surface area contributed by atoms with Crippen molar-refractivity contribution in [3.8, 4) is 0 Å². The molecule has 0 aliphatic rings. The van der Waals surface area contributed by atoms with Gasteiger partial charge in [-0.1, -0.05) is 23.8 Å². The summed E-state index contributed by atoms with van der Waals surface area (Å²) >= 11 is 0. The lowest BCUT2D eigenvalue weighted by Gasteiger charge is -2.04. The van der Waals surface area contributed by atoms with E-state index in [1.54, 1.807) is 26.0 Å². The van der Waals surface area contributed by atoms with Crippen LogP contribution in [0.15, 0.2) is 30.0 Å². The average molecular weight is 248 g/mol. The Hall–Kier alpha value is -2.10.